The molecule has 2 rings (SSSR count). The van der Waals surface area contributed by atoms with Gasteiger partial charge in [-0.05, 0) is 104 Å². The van der Waals surface area contributed by atoms with Gasteiger partial charge >= 0.3 is 23.9 Å². The molecular weight excluding hydrogens is 921 g/mol. The molecule has 1 saturated heterocycles. The number of anilines is 1. The first-order chi connectivity index (χ1) is 32.7. The number of thioether (sulfide) groups is 1. The van der Waals surface area contributed by atoms with Crippen LogP contribution in [0.15, 0.2) is 24.3 Å². The minimum Gasteiger partial charge on any atom is -0.459 e. The van der Waals surface area contributed by atoms with E-state index < -0.39 is 40.8 Å². The van der Waals surface area contributed by atoms with E-state index in [0.717, 1.165) is 5.56 Å². The zero-order valence-corrected chi connectivity index (χ0v) is 44.9. The van der Waals surface area contributed by atoms with E-state index in [9.17, 15) is 33.6 Å². The number of hydrogen-bond acceptors (Lipinski definition) is 16. The van der Waals surface area contributed by atoms with Gasteiger partial charge in [0.05, 0.1) is 26.2 Å². The van der Waals surface area contributed by atoms with E-state index in [2.05, 4.69) is 26.6 Å². The number of nitrogens with two attached hydrogens (primary N) is 1. The van der Waals surface area contributed by atoms with Crippen molar-refractivity contribution in [1.29, 1.82) is 0 Å². The Bertz CT molecular complexity index is 1770. The lowest BCUT2D eigenvalue weighted by molar-refractivity contribution is -0.158. The number of rotatable bonds is 22. The lowest BCUT2D eigenvalue weighted by atomic mass is 9.97. The summed E-state index contributed by atoms with van der Waals surface area (Å²) in [5.74, 6) is -1.73. The Morgan fingerprint density at radius 2 is 1.07 bits per heavy atom. The summed E-state index contributed by atoms with van der Waals surface area (Å²) in [4.78, 5) is 100. The fourth-order valence-electron chi connectivity index (χ4n) is 7.14. The second-order valence-electron chi connectivity index (χ2n) is 20.7. The molecule has 20 nitrogen and oxygen atoms in total. The molecule has 398 valence electrons. The fourth-order valence-corrected chi connectivity index (χ4v) is 7.61. The van der Waals surface area contributed by atoms with Crippen molar-refractivity contribution in [2.24, 2.45) is 11.7 Å². The molecule has 0 saturated carbocycles. The Morgan fingerprint density at radius 3 is 1.46 bits per heavy atom. The minimum absolute atomic E-state index is 0.0116. The molecule has 21 heteroatoms. The summed E-state index contributed by atoms with van der Waals surface area (Å²) < 4.78 is 17.0. The number of ether oxygens (including phenoxy) is 3. The van der Waals surface area contributed by atoms with Gasteiger partial charge in [-0.1, -0.05) is 32.4 Å². The molecule has 3 atom stereocenters. The normalized spacial score (nSPS) is 16.5. The van der Waals surface area contributed by atoms with Crippen LogP contribution in [0, 0.1) is 5.92 Å². The maximum atomic E-state index is 13.6. The molecule has 1 heterocycles. The smallest absolute Gasteiger partial charge is 0.320 e. The monoisotopic (exact) mass is 1010 g/mol. The van der Waals surface area contributed by atoms with Crippen molar-refractivity contribution in [3.05, 3.63) is 29.8 Å². The third kappa shape index (κ3) is 27.2. The van der Waals surface area contributed by atoms with Crippen LogP contribution in [-0.2, 0) is 49.5 Å². The SMILES string of the molecule is CC[C@H](C)[C@H](NC(=O)[C@H](CCSC)NC(=O)Nc1ccc(CNC(=O)CN2CCN(CC(=O)OC(C)(C)C)CCN(CC(=O)OC(C)(C)C)CCN(CC(=O)OC(C)(C)C)CC2)cc1)C(=O)NCCN. The molecule has 5 amide bonds. The molecule has 0 unspecified atom stereocenters. The number of carbonyl (C=O) groups excluding carboxylic acids is 7. The molecule has 7 N–H and O–H groups in total. The topological polar surface area (TPSA) is 246 Å². The molecule has 1 fully saturated rings. The summed E-state index contributed by atoms with van der Waals surface area (Å²) in [6, 6.07) is 4.67. The lowest BCUT2D eigenvalue weighted by Crippen LogP contribution is -2.56. The third-order valence-electron chi connectivity index (χ3n) is 10.8. The molecule has 1 aliphatic heterocycles. The molecule has 1 aromatic rings. The number of esters is 3. The van der Waals surface area contributed by atoms with Crippen molar-refractivity contribution in [2.75, 3.05) is 109 Å². The predicted octanol–water partition coefficient (Wildman–Crippen LogP) is 2.40. The van der Waals surface area contributed by atoms with E-state index in [1.54, 1.807) is 24.3 Å². The quantitative estimate of drug-likeness (QED) is 0.0722. The van der Waals surface area contributed by atoms with Crippen molar-refractivity contribution >= 4 is 59.1 Å². The lowest BCUT2D eigenvalue weighted by Gasteiger charge is -2.34. The first-order valence-electron chi connectivity index (χ1n) is 24.4. The number of benzene rings is 1. The average Bonchev–Trinajstić information content (AvgIpc) is 3.24. The zero-order valence-electron chi connectivity index (χ0n) is 44.1. The summed E-state index contributed by atoms with van der Waals surface area (Å²) in [5.41, 5.74) is 4.77. The molecule has 1 aromatic carbocycles. The Labute approximate surface area is 421 Å². The Balaban J connectivity index is 2.19. The summed E-state index contributed by atoms with van der Waals surface area (Å²) in [7, 11) is 0. The van der Waals surface area contributed by atoms with Gasteiger partial charge in [0, 0.05) is 77.7 Å². The molecule has 1 aliphatic rings. The molecular formula is C49H86N10O10S. The molecule has 0 aromatic heterocycles. The highest BCUT2D eigenvalue weighted by Gasteiger charge is 2.30. The van der Waals surface area contributed by atoms with Crippen LogP contribution in [-0.4, -0.2) is 194 Å². The molecule has 0 aliphatic carbocycles. The van der Waals surface area contributed by atoms with Crippen LogP contribution in [0.5, 0.6) is 0 Å². The number of urea groups is 1. The molecule has 0 spiro atoms. The second-order valence-corrected chi connectivity index (χ2v) is 21.7. The number of amides is 5. The summed E-state index contributed by atoms with van der Waals surface area (Å²) in [5, 5.41) is 14.1. The van der Waals surface area contributed by atoms with Gasteiger partial charge in [0.15, 0.2) is 0 Å². The van der Waals surface area contributed by atoms with Gasteiger partial charge in [-0.3, -0.25) is 48.4 Å². The largest absolute Gasteiger partial charge is 0.459 e. The number of nitrogens with zero attached hydrogens (tertiary/aromatic N) is 4. The van der Waals surface area contributed by atoms with Crippen LogP contribution in [0.2, 0.25) is 0 Å². The summed E-state index contributed by atoms with van der Waals surface area (Å²) in [6.45, 7) is 24.3. The van der Waals surface area contributed by atoms with Crippen molar-refractivity contribution in [3.8, 4) is 0 Å². The van der Waals surface area contributed by atoms with Crippen molar-refractivity contribution in [3.63, 3.8) is 0 Å². The number of carbonyl (C=O) groups is 7. The van der Waals surface area contributed by atoms with E-state index in [1.807, 2.05) is 102 Å². The van der Waals surface area contributed by atoms with Gasteiger partial charge in [-0.2, -0.15) is 11.8 Å². The van der Waals surface area contributed by atoms with Crippen LogP contribution >= 0.6 is 11.8 Å². The van der Waals surface area contributed by atoms with Gasteiger partial charge in [0.2, 0.25) is 17.7 Å². The standard InChI is InChI=1S/C49H86N10O10S/c1-13-35(2)43(45(65)51-20-19-50)55-44(64)38(18-29-70-12)54-46(66)53-37-16-14-36(15-17-37)30-52-39(60)31-56-21-23-57(32-40(61)67-47(3,4)5)25-27-59(34-42(63)69-49(9,10)11)28-26-58(24-22-56)33-41(62)68-48(6,7)8/h14-17,35,38,43H,13,18-34,50H2,1-12H3,(H,51,65)(H,52,60)(H,55,64)(H2,53,54,66)/t35-,38-,43-/m0/s1. The van der Waals surface area contributed by atoms with Gasteiger partial charge in [-0.15, -0.1) is 0 Å². The summed E-state index contributed by atoms with van der Waals surface area (Å²) >= 11 is 1.53. The van der Waals surface area contributed by atoms with Gasteiger partial charge in [0.1, 0.15) is 28.9 Å². The van der Waals surface area contributed by atoms with Crippen LogP contribution in [0.3, 0.4) is 0 Å². The van der Waals surface area contributed by atoms with E-state index in [4.69, 9.17) is 19.9 Å². The minimum atomic E-state index is -0.894. The first-order valence-corrected chi connectivity index (χ1v) is 25.8. The third-order valence-corrected chi connectivity index (χ3v) is 11.4. The Morgan fingerprint density at radius 1 is 0.643 bits per heavy atom. The van der Waals surface area contributed by atoms with Crippen molar-refractivity contribution in [2.45, 2.75) is 124 Å². The van der Waals surface area contributed by atoms with Crippen molar-refractivity contribution < 1.29 is 47.8 Å². The molecule has 70 heavy (non-hydrogen) atoms. The predicted molar refractivity (Wildman–Crippen MR) is 274 cm³/mol. The van der Waals surface area contributed by atoms with Crippen molar-refractivity contribution in [1.82, 2.24) is 40.9 Å². The van der Waals surface area contributed by atoms with Gasteiger partial charge in [0.25, 0.3) is 0 Å². The highest BCUT2D eigenvalue weighted by Crippen LogP contribution is 2.14. The maximum absolute atomic E-state index is 13.6. The highest BCUT2D eigenvalue weighted by atomic mass is 32.2. The zero-order chi connectivity index (χ0) is 52.7. The average molecular weight is 1010 g/mol. The van der Waals surface area contributed by atoms with Gasteiger partial charge < -0.3 is 46.5 Å². The molecule has 0 radical (unpaired) electrons. The first kappa shape index (κ1) is 61.6. The Kier molecular flexibility index (Phi) is 26.7. The molecule has 0 bridgehead atoms. The van der Waals surface area contributed by atoms with Crippen LogP contribution < -0.4 is 32.3 Å². The van der Waals surface area contributed by atoms with Gasteiger partial charge in [-0.25, -0.2) is 4.79 Å². The second kappa shape index (κ2) is 30.4. The fraction of sp³-hybridized carbons (Fsp3) is 0.735. The Hall–Kier alpha value is -4.54. The summed E-state index contributed by atoms with van der Waals surface area (Å²) in [6.07, 6.45) is 2.90. The number of hydrogen-bond donors (Lipinski definition) is 6. The van der Waals surface area contributed by atoms with Crippen LogP contribution in [0.1, 0.15) is 94.6 Å². The van der Waals surface area contributed by atoms with Crippen LogP contribution in [0.25, 0.3) is 0 Å². The highest BCUT2D eigenvalue weighted by molar-refractivity contribution is 7.98. The van der Waals surface area contributed by atoms with E-state index in [0.29, 0.717) is 76.6 Å². The number of nitrogens with one attached hydrogen (secondary N) is 5. The van der Waals surface area contributed by atoms with Crippen LogP contribution in [0.4, 0.5) is 10.5 Å². The van der Waals surface area contributed by atoms with E-state index in [1.165, 1.54) is 11.8 Å². The maximum Gasteiger partial charge on any atom is 0.320 e. The van der Waals surface area contributed by atoms with E-state index in [-0.39, 0.29) is 81.5 Å². The van der Waals surface area contributed by atoms with E-state index >= 15 is 0 Å².